The lowest BCUT2D eigenvalue weighted by atomic mass is 9.63. The number of esters is 1. The van der Waals surface area contributed by atoms with Crippen LogP contribution in [0.25, 0.3) is 22.3 Å². The third kappa shape index (κ3) is 2.86. The van der Waals surface area contributed by atoms with Crippen LogP contribution in [-0.4, -0.2) is 39.2 Å². The van der Waals surface area contributed by atoms with Gasteiger partial charge in [0.15, 0.2) is 0 Å². The lowest BCUT2D eigenvalue weighted by molar-refractivity contribution is -0.148. The summed E-state index contributed by atoms with van der Waals surface area (Å²) in [5.74, 6) is 0.0282. The SMILES string of the molecule is O=C(CN1C(=O)[C@H]2[C@@H]3C=C[C@H]([C@H]4C[C@H]34)[C@@H]2C1=O)Oc1ccc(-c2cnc3ccccc3n2)cc1. The van der Waals surface area contributed by atoms with E-state index in [9.17, 15) is 14.4 Å². The van der Waals surface area contributed by atoms with Crippen molar-refractivity contribution in [3.05, 3.63) is 66.9 Å². The van der Waals surface area contributed by atoms with Crippen molar-refractivity contribution < 1.29 is 19.1 Å². The van der Waals surface area contributed by atoms with Gasteiger partial charge in [0, 0.05) is 5.56 Å². The van der Waals surface area contributed by atoms with Crippen molar-refractivity contribution in [2.75, 3.05) is 6.54 Å². The van der Waals surface area contributed by atoms with Gasteiger partial charge in [0.05, 0.1) is 34.8 Å². The molecule has 6 atom stereocenters. The van der Waals surface area contributed by atoms with Crippen molar-refractivity contribution in [1.82, 2.24) is 14.9 Å². The molecule has 3 aromatic rings. The number of rotatable bonds is 4. The van der Waals surface area contributed by atoms with E-state index in [0.717, 1.165) is 27.9 Å². The summed E-state index contributed by atoms with van der Waals surface area (Å²) in [4.78, 5) is 48.9. The summed E-state index contributed by atoms with van der Waals surface area (Å²) in [5.41, 5.74) is 3.18. The molecule has 0 N–H and O–H groups in total. The number of para-hydroxylation sites is 2. The van der Waals surface area contributed by atoms with Crippen LogP contribution in [0.2, 0.25) is 0 Å². The molecule has 1 saturated heterocycles. The standard InChI is InChI=1S/C27H21N3O4/c31-23(13-30-26(32)24-16-9-10-17(19-11-18(16)19)25(24)27(30)33)34-15-7-5-14(6-8-15)22-12-28-20-3-1-2-4-21(20)29-22/h1-10,12,16-19,24-25H,11,13H2/t16-,17-,18-,19-,24+,25+/m1/s1. The van der Waals surface area contributed by atoms with Gasteiger partial charge in [0.1, 0.15) is 12.3 Å². The zero-order valence-electron chi connectivity index (χ0n) is 18.2. The van der Waals surface area contributed by atoms with Gasteiger partial charge in [-0.15, -0.1) is 0 Å². The summed E-state index contributed by atoms with van der Waals surface area (Å²) in [6, 6.07) is 14.6. The van der Waals surface area contributed by atoms with Crippen LogP contribution >= 0.6 is 0 Å². The maximum Gasteiger partial charge on any atom is 0.331 e. The molecule has 8 rings (SSSR count). The number of nitrogens with zero attached hydrogens (tertiary/aromatic N) is 3. The lowest BCUT2D eigenvalue weighted by Gasteiger charge is -2.37. The van der Waals surface area contributed by atoms with Gasteiger partial charge in [0.25, 0.3) is 0 Å². The topological polar surface area (TPSA) is 89.5 Å². The zero-order valence-corrected chi connectivity index (χ0v) is 18.2. The number of aromatic nitrogens is 2. The van der Waals surface area contributed by atoms with Crippen molar-refractivity contribution in [2.24, 2.45) is 35.5 Å². The summed E-state index contributed by atoms with van der Waals surface area (Å²) in [6.45, 7) is -0.350. The van der Waals surface area contributed by atoms with Crippen molar-refractivity contribution in [2.45, 2.75) is 6.42 Å². The van der Waals surface area contributed by atoms with Crippen molar-refractivity contribution in [3.63, 3.8) is 0 Å². The van der Waals surface area contributed by atoms with Crippen LogP contribution < -0.4 is 4.74 Å². The fraction of sp³-hybridized carbons (Fsp3) is 0.296. The minimum absolute atomic E-state index is 0.142. The molecule has 3 fully saturated rings. The Morgan fingerprint density at radius 1 is 0.912 bits per heavy atom. The Labute approximate surface area is 195 Å². The molecule has 34 heavy (non-hydrogen) atoms. The Bertz CT molecular complexity index is 1360. The van der Waals surface area contributed by atoms with Crippen molar-refractivity contribution in [1.29, 1.82) is 0 Å². The Morgan fingerprint density at radius 3 is 2.24 bits per heavy atom. The Balaban J connectivity index is 1.04. The van der Waals surface area contributed by atoms with E-state index in [1.165, 1.54) is 0 Å². The van der Waals surface area contributed by atoms with Crippen LogP contribution in [0.4, 0.5) is 0 Å². The molecule has 1 aliphatic heterocycles. The Morgan fingerprint density at radius 2 is 1.56 bits per heavy atom. The van der Waals surface area contributed by atoms with Gasteiger partial charge in [-0.05, 0) is 66.5 Å². The van der Waals surface area contributed by atoms with E-state index in [4.69, 9.17) is 4.74 Å². The third-order valence-electron chi connectivity index (χ3n) is 7.87. The number of amides is 2. The second kappa shape index (κ2) is 7.06. The first-order chi connectivity index (χ1) is 16.6. The normalized spacial score (nSPS) is 30.4. The predicted octanol–water partition coefficient (Wildman–Crippen LogP) is 3.26. The molecule has 0 unspecified atom stereocenters. The lowest BCUT2D eigenvalue weighted by Crippen LogP contribution is -2.40. The average Bonchev–Trinajstić information content (AvgIpc) is 3.65. The first-order valence-corrected chi connectivity index (χ1v) is 11.6. The number of hydrogen-bond acceptors (Lipinski definition) is 6. The quantitative estimate of drug-likeness (QED) is 0.262. The fourth-order valence-electron chi connectivity index (χ4n) is 6.26. The van der Waals surface area contributed by atoms with Gasteiger partial charge in [-0.25, -0.2) is 9.78 Å². The maximum atomic E-state index is 13.0. The molecule has 0 radical (unpaired) electrons. The smallest absolute Gasteiger partial charge is 0.331 e. The molecular formula is C27H21N3O4. The van der Waals surface area contributed by atoms with E-state index in [-0.39, 0.29) is 42.0 Å². The van der Waals surface area contributed by atoms with E-state index >= 15 is 0 Å². The summed E-state index contributed by atoms with van der Waals surface area (Å²) < 4.78 is 5.45. The molecule has 2 saturated carbocycles. The molecule has 7 nitrogen and oxygen atoms in total. The number of benzene rings is 2. The molecule has 2 bridgehead atoms. The maximum absolute atomic E-state index is 13.0. The summed E-state index contributed by atoms with van der Waals surface area (Å²) in [6.07, 6.45) is 7.06. The van der Waals surface area contributed by atoms with Crippen LogP contribution in [0.15, 0.2) is 66.9 Å². The van der Waals surface area contributed by atoms with Crippen LogP contribution in [-0.2, 0) is 14.4 Å². The van der Waals surface area contributed by atoms with Gasteiger partial charge in [-0.3, -0.25) is 19.5 Å². The van der Waals surface area contributed by atoms with E-state index in [1.807, 2.05) is 24.3 Å². The number of imide groups is 1. The van der Waals surface area contributed by atoms with Crippen LogP contribution in [0.1, 0.15) is 6.42 Å². The molecular weight excluding hydrogens is 430 g/mol. The summed E-state index contributed by atoms with van der Waals surface area (Å²) in [5, 5.41) is 0. The number of ether oxygens (including phenoxy) is 1. The Kier molecular flexibility index (Phi) is 4.07. The van der Waals surface area contributed by atoms with E-state index in [2.05, 4.69) is 22.1 Å². The van der Waals surface area contributed by atoms with Crippen LogP contribution in [0.5, 0.6) is 5.75 Å². The van der Waals surface area contributed by atoms with Gasteiger partial charge in [-0.1, -0.05) is 24.3 Å². The largest absolute Gasteiger partial charge is 0.425 e. The average molecular weight is 451 g/mol. The first kappa shape index (κ1) is 19.6. The van der Waals surface area contributed by atoms with Crippen molar-refractivity contribution in [3.8, 4) is 17.0 Å². The fourth-order valence-corrected chi connectivity index (χ4v) is 6.26. The highest BCUT2D eigenvalue weighted by Gasteiger charge is 2.67. The van der Waals surface area contributed by atoms with E-state index in [0.29, 0.717) is 23.3 Å². The number of likely N-dealkylation sites (tertiary alicyclic amines) is 1. The van der Waals surface area contributed by atoms with Gasteiger partial charge >= 0.3 is 5.97 Å². The molecule has 4 aliphatic carbocycles. The van der Waals surface area contributed by atoms with Crippen molar-refractivity contribution >= 4 is 28.8 Å². The van der Waals surface area contributed by atoms with Gasteiger partial charge in [-0.2, -0.15) is 0 Å². The molecule has 7 heteroatoms. The highest BCUT2D eigenvalue weighted by Crippen LogP contribution is 2.65. The highest BCUT2D eigenvalue weighted by molar-refractivity contribution is 6.08. The number of carbonyl (C=O) groups is 3. The van der Waals surface area contributed by atoms with E-state index in [1.54, 1.807) is 30.5 Å². The molecule has 0 spiro atoms. The van der Waals surface area contributed by atoms with Gasteiger partial charge in [0.2, 0.25) is 11.8 Å². The van der Waals surface area contributed by atoms with Crippen LogP contribution in [0, 0.1) is 35.5 Å². The molecule has 5 aliphatic rings. The molecule has 2 heterocycles. The third-order valence-corrected chi connectivity index (χ3v) is 7.87. The number of fused-ring (bicyclic) bond motifs is 1. The summed E-state index contributed by atoms with van der Waals surface area (Å²) in [7, 11) is 0. The predicted molar refractivity (Wildman–Crippen MR) is 122 cm³/mol. The molecule has 1 aromatic heterocycles. The Hall–Kier alpha value is -3.87. The van der Waals surface area contributed by atoms with E-state index < -0.39 is 5.97 Å². The zero-order chi connectivity index (χ0) is 23.0. The van der Waals surface area contributed by atoms with Gasteiger partial charge < -0.3 is 4.74 Å². The minimum Gasteiger partial charge on any atom is -0.425 e. The number of allylic oxidation sites excluding steroid dienone is 2. The molecule has 2 aromatic carbocycles. The molecule has 2 amide bonds. The first-order valence-electron chi connectivity index (χ1n) is 11.6. The second-order valence-corrected chi connectivity index (χ2v) is 9.66. The number of hydrogen-bond donors (Lipinski definition) is 0. The highest BCUT2D eigenvalue weighted by atomic mass is 16.5. The number of carbonyl (C=O) groups excluding carboxylic acids is 3. The second-order valence-electron chi connectivity index (χ2n) is 9.66. The minimum atomic E-state index is -0.621. The summed E-state index contributed by atoms with van der Waals surface area (Å²) >= 11 is 0. The molecule has 168 valence electrons. The van der Waals surface area contributed by atoms with Crippen LogP contribution in [0.3, 0.4) is 0 Å². The monoisotopic (exact) mass is 451 g/mol.